The van der Waals surface area contributed by atoms with Gasteiger partial charge in [-0.2, -0.15) is 0 Å². The number of nitrogens with one attached hydrogen (secondary N) is 2. The Kier molecular flexibility index (Phi) is 4.47. The summed E-state index contributed by atoms with van der Waals surface area (Å²) in [5, 5.41) is 6.07. The highest BCUT2D eigenvalue weighted by Crippen LogP contribution is 2.17. The number of anilines is 1. The van der Waals surface area contributed by atoms with Crippen LogP contribution in [0.1, 0.15) is 23.7 Å². The molecule has 112 valence electrons. The Hall–Kier alpha value is -2.08. The van der Waals surface area contributed by atoms with Crippen molar-refractivity contribution in [3.63, 3.8) is 0 Å². The van der Waals surface area contributed by atoms with E-state index in [-0.39, 0.29) is 17.7 Å². The van der Waals surface area contributed by atoms with Gasteiger partial charge in [-0.1, -0.05) is 11.6 Å². The van der Waals surface area contributed by atoms with E-state index in [2.05, 4.69) is 15.4 Å². The van der Waals surface area contributed by atoms with Crippen LogP contribution in [-0.4, -0.2) is 21.3 Å². The van der Waals surface area contributed by atoms with Gasteiger partial charge in [0.2, 0.25) is 0 Å². The van der Waals surface area contributed by atoms with Crippen molar-refractivity contribution >= 4 is 17.4 Å². The third-order valence-corrected chi connectivity index (χ3v) is 3.63. The first kappa shape index (κ1) is 15.3. The average Bonchev–Trinajstić information content (AvgIpc) is 2.46. The lowest BCUT2D eigenvalue weighted by molar-refractivity contribution is 0.609. The van der Waals surface area contributed by atoms with Crippen LogP contribution in [0.2, 0.25) is 5.02 Å². The van der Waals surface area contributed by atoms with Gasteiger partial charge >= 0.3 is 0 Å². The molecule has 0 aliphatic rings. The predicted molar refractivity (Wildman–Crippen MR) is 83.3 cm³/mol. The molecule has 2 rings (SSSR count). The third-order valence-electron chi connectivity index (χ3n) is 3.29. The SMILES string of the molecule is CCNc1ccc(Cl)c(Cn2[nH]c(=O)c(C)c(C)c2=O)n1. The summed E-state index contributed by atoms with van der Waals surface area (Å²) in [4.78, 5) is 28.3. The van der Waals surface area contributed by atoms with Crippen LogP contribution in [0.4, 0.5) is 5.82 Å². The number of H-pyrrole nitrogens is 1. The maximum absolute atomic E-state index is 12.2. The second kappa shape index (κ2) is 6.13. The van der Waals surface area contributed by atoms with Crippen LogP contribution < -0.4 is 16.4 Å². The molecule has 0 saturated carbocycles. The molecule has 21 heavy (non-hydrogen) atoms. The summed E-state index contributed by atoms with van der Waals surface area (Å²) in [5.74, 6) is 0.677. The van der Waals surface area contributed by atoms with E-state index in [1.807, 2.05) is 6.92 Å². The minimum Gasteiger partial charge on any atom is -0.370 e. The van der Waals surface area contributed by atoms with Crippen molar-refractivity contribution in [2.24, 2.45) is 0 Å². The van der Waals surface area contributed by atoms with Crippen LogP contribution in [-0.2, 0) is 6.54 Å². The number of hydrogen-bond donors (Lipinski definition) is 2. The van der Waals surface area contributed by atoms with Crippen LogP contribution in [0.25, 0.3) is 0 Å². The molecule has 0 amide bonds. The molecular formula is C14H17ClN4O2. The lowest BCUT2D eigenvalue weighted by atomic mass is 10.2. The van der Waals surface area contributed by atoms with E-state index in [9.17, 15) is 9.59 Å². The molecule has 0 fully saturated rings. The fourth-order valence-electron chi connectivity index (χ4n) is 1.93. The zero-order chi connectivity index (χ0) is 15.6. The summed E-state index contributed by atoms with van der Waals surface area (Å²) in [5.41, 5.74) is 0.843. The summed E-state index contributed by atoms with van der Waals surface area (Å²) in [6, 6.07) is 3.48. The third kappa shape index (κ3) is 3.16. The average molecular weight is 309 g/mol. The lowest BCUT2D eigenvalue weighted by Gasteiger charge is -2.10. The number of aromatic nitrogens is 3. The van der Waals surface area contributed by atoms with E-state index >= 15 is 0 Å². The molecule has 0 spiro atoms. The van der Waals surface area contributed by atoms with Crippen LogP contribution in [0.5, 0.6) is 0 Å². The molecule has 2 heterocycles. The quantitative estimate of drug-likeness (QED) is 0.900. The highest BCUT2D eigenvalue weighted by Gasteiger charge is 2.10. The Balaban J connectivity index is 2.45. The second-order valence-electron chi connectivity index (χ2n) is 4.74. The first-order valence-corrected chi connectivity index (χ1v) is 7.01. The smallest absolute Gasteiger partial charge is 0.268 e. The molecule has 0 bridgehead atoms. The largest absolute Gasteiger partial charge is 0.370 e. The number of aromatic amines is 1. The number of halogens is 1. The van der Waals surface area contributed by atoms with Crippen molar-refractivity contribution in [1.29, 1.82) is 0 Å². The Morgan fingerprint density at radius 2 is 2.00 bits per heavy atom. The molecule has 0 radical (unpaired) electrons. The second-order valence-corrected chi connectivity index (χ2v) is 5.14. The Labute approximate surface area is 126 Å². The van der Waals surface area contributed by atoms with Gasteiger partial charge in [0.05, 0.1) is 17.3 Å². The van der Waals surface area contributed by atoms with Gasteiger partial charge in [-0.15, -0.1) is 0 Å². The van der Waals surface area contributed by atoms with E-state index in [1.54, 1.807) is 26.0 Å². The molecule has 2 aromatic heterocycles. The predicted octanol–water partition coefficient (Wildman–Crippen LogP) is 1.68. The minimum atomic E-state index is -0.286. The Bertz CT molecular complexity index is 780. The van der Waals surface area contributed by atoms with E-state index in [0.717, 1.165) is 6.54 Å². The summed E-state index contributed by atoms with van der Waals surface area (Å²) in [6.45, 7) is 6.06. The molecule has 0 atom stereocenters. The van der Waals surface area contributed by atoms with Gasteiger partial charge in [0.25, 0.3) is 11.1 Å². The molecule has 0 saturated heterocycles. The summed E-state index contributed by atoms with van der Waals surface area (Å²) >= 11 is 6.11. The maximum Gasteiger partial charge on any atom is 0.268 e. The summed E-state index contributed by atoms with van der Waals surface area (Å²) in [7, 11) is 0. The molecule has 0 unspecified atom stereocenters. The maximum atomic E-state index is 12.2. The van der Waals surface area contributed by atoms with Gasteiger partial charge in [-0.3, -0.25) is 14.7 Å². The van der Waals surface area contributed by atoms with Crippen molar-refractivity contribution in [3.8, 4) is 0 Å². The Morgan fingerprint density at radius 3 is 2.67 bits per heavy atom. The van der Waals surface area contributed by atoms with Gasteiger partial charge in [0, 0.05) is 17.7 Å². The standard InChI is InChI=1S/C14H17ClN4O2/c1-4-16-12-6-5-10(15)11(17-12)7-19-14(21)9(3)8(2)13(20)18-19/h5-6H,4,7H2,1-3H3,(H,16,17)(H,18,20). The van der Waals surface area contributed by atoms with Crippen LogP contribution >= 0.6 is 11.6 Å². The number of pyridine rings is 1. The normalized spacial score (nSPS) is 10.7. The van der Waals surface area contributed by atoms with Crippen molar-refractivity contribution in [2.75, 3.05) is 11.9 Å². The highest BCUT2D eigenvalue weighted by molar-refractivity contribution is 6.31. The van der Waals surface area contributed by atoms with E-state index in [1.165, 1.54) is 4.68 Å². The summed E-state index contributed by atoms with van der Waals surface area (Å²) in [6.07, 6.45) is 0. The van der Waals surface area contributed by atoms with E-state index in [0.29, 0.717) is 27.7 Å². The molecular weight excluding hydrogens is 292 g/mol. The summed E-state index contributed by atoms with van der Waals surface area (Å²) < 4.78 is 1.23. The number of rotatable bonds is 4. The first-order chi connectivity index (χ1) is 9.93. The molecule has 7 heteroatoms. The van der Waals surface area contributed by atoms with Crippen LogP contribution in [0.3, 0.4) is 0 Å². The zero-order valence-corrected chi connectivity index (χ0v) is 12.9. The molecule has 6 nitrogen and oxygen atoms in total. The molecule has 2 N–H and O–H groups in total. The van der Waals surface area contributed by atoms with Crippen molar-refractivity contribution in [2.45, 2.75) is 27.3 Å². The van der Waals surface area contributed by atoms with Gasteiger partial charge in [-0.25, -0.2) is 9.67 Å². The fraction of sp³-hybridized carbons (Fsp3) is 0.357. The minimum absolute atomic E-state index is 0.118. The molecule has 2 aromatic rings. The molecule has 0 aliphatic heterocycles. The van der Waals surface area contributed by atoms with Gasteiger partial charge in [0.15, 0.2) is 0 Å². The van der Waals surface area contributed by atoms with Gasteiger partial charge in [-0.05, 0) is 32.9 Å². The van der Waals surface area contributed by atoms with Crippen molar-refractivity contribution in [3.05, 3.63) is 54.7 Å². The lowest BCUT2D eigenvalue weighted by Crippen LogP contribution is -2.33. The topological polar surface area (TPSA) is 79.8 Å². The van der Waals surface area contributed by atoms with E-state index in [4.69, 9.17) is 11.6 Å². The molecule has 0 aromatic carbocycles. The monoisotopic (exact) mass is 308 g/mol. The van der Waals surface area contributed by atoms with Crippen molar-refractivity contribution < 1.29 is 0 Å². The highest BCUT2D eigenvalue weighted by atomic mass is 35.5. The van der Waals surface area contributed by atoms with Gasteiger partial charge < -0.3 is 5.32 Å². The number of nitrogens with zero attached hydrogens (tertiary/aromatic N) is 2. The van der Waals surface area contributed by atoms with Crippen LogP contribution in [0.15, 0.2) is 21.7 Å². The van der Waals surface area contributed by atoms with Gasteiger partial charge in [0.1, 0.15) is 5.82 Å². The van der Waals surface area contributed by atoms with Crippen LogP contribution in [0, 0.1) is 13.8 Å². The first-order valence-electron chi connectivity index (χ1n) is 6.63. The van der Waals surface area contributed by atoms with E-state index < -0.39 is 0 Å². The number of hydrogen-bond acceptors (Lipinski definition) is 4. The Morgan fingerprint density at radius 1 is 1.29 bits per heavy atom. The zero-order valence-electron chi connectivity index (χ0n) is 12.2. The fourth-order valence-corrected chi connectivity index (χ4v) is 2.09. The molecule has 0 aliphatic carbocycles. The van der Waals surface area contributed by atoms with Crippen molar-refractivity contribution in [1.82, 2.24) is 14.8 Å².